The fourth-order valence-electron chi connectivity index (χ4n) is 4.75. The zero-order valence-electron chi connectivity index (χ0n) is 20.5. The standard InChI is InChI=1S/C27H27N3O7/c1-34-20-6-3-5-18(26(20)35-2)23-22(24(31)17-7-8-19-21(15-17)37-14-13-36-19)25(32)27(33)30(23)11-4-10-29-12-9-28-16-29/h3,5-9,12,15-16,23,31H,4,10-11,13-14H2,1-2H3/b24-22-. The zero-order chi connectivity index (χ0) is 25.9. The molecule has 10 heteroatoms. The highest BCUT2D eigenvalue weighted by atomic mass is 16.6. The molecule has 3 aromatic rings. The number of para-hydroxylation sites is 1. The van der Waals surface area contributed by atoms with Crippen LogP contribution in [0.1, 0.15) is 23.6 Å². The first kappa shape index (κ1) is 24.2. The number of Topliss-reactive ketones (excluding diaryl/α,β-unsaturated/α-hetero) is 1. The minimum absolute atomic E-state index is 0.0316. The lowest BCUT2D eigenvalue weighted by molar-refractivity contribution is -0.140. The number of aryl methyl sites for hydroxylation is 1. The topological polar surface area (TPSA) is 112 Å². The molecule has 1 aromatic heterocycles. The van der Waals surface area contributed by atoms with Gasteiger partial charge in [0.25, 0.3) is 11.7 Å². The molecule has 37 heavy (non-hydrogen) atoms. The Hall–Kier alpha value is -4.47. The molecule has 2 aliphatic heterocycles. The third-order valence-electron chi connectivity index (χ3n) is 6.46. The second kappa shape index (κ2) is 10.3. The van der Waals surface area contributed by atoms with Gasteiger partial charge in [0.2, 0.25) is 0 Å². The van der Waals surface area contributed by atoms with Gasteiger partial charge in [-0.05, 0) is 30.7 Å². The van der Waals surface area contributed by atoms with E-state index in [0.717, 1.165) is 0 Å². The van der Waals surface area contributed by atoms with Crippen molar-refractivity contribution in [2.45, 2.75) is 19.0 Å². The summed E-state index contributed by atoms with van der Waals surface area (Å²) < 4.78 is 24.2. The molecule has 0 radical (unpaired) electrons. The smallest absolute Gasteiger partial charge is 0.295 e. The molecule has 1 atom stereocenters. The van der Waals surface area contributed by atoms with Crippen molar-refractivity contribution in [3.8, 4) is 23.0 Å². The van der Waals surface area contributed by atoms with Gasteiger partial charge in [-0.1, -0.05) is 12.1 Å². The number of rotatable bonds is 8. The maximum absolute atomic E-state index is 13.4. The summed E-state index contributed by atoms with van der Waals surface area (Å²) in [6.45, 7) is 1.68. The van der Waals surface area contributed by atoms with Crippen LogP contribution in [-0.4, -0.2) is 65.2 Å². The van der Waals surface area contributed by atoms with Crippen LogP contribution >= 0.6 is 0 Å². The number of imidazole rings is 1. The average molecular weight is 506 g/mol. The number of aliphatic hydroxyl groups excluding tert-OH is 1. The van der Waals surface area contributed by atoms with Crippen LogP contribution in [0, 0.1) is 0 Å². The molecule has 1 N–H and O–H groups in total. The normalized spacial score (nSPS) is 18.2. The van der Waals surface area contributed by atoms with Gasteiger partial charge in [0, 0.05) is 36.6 Å². The molecule has 192 valence electrons. The molecule has 1 fully saturated rings. The Kier molecular flexibility index (Phi) is 6.72. The third-order valence-corrected chi connectivity index (χ3v) is 6.46. The molecule has 2 aliphatic rings. The predicted molar refractivity (Wildman–Crippen MR) is 133 cm³/mol. The second-order valence-electron chi connectivity index (χ2n) is 8.59. The maximum atomic E-state index is 13.4. The Labute approximate surface area is 213 Å². The molecule has 0 aliphatic carbocycles. The fourth-order valence-corrected chi connectivity index (χ4v) is 4.75. The van der Waals surface area contributed by atoms with Crippen LogP contribution < -0.4 is 18.9 Å². The van der Waals surface area contributed by atoms with Gasteiger partial charge in [0.1, 0.15) is 19.0 Å². The van der Waals surface area contributed by atoms with Gasteiger partial charge in [0.05, 0.1) is 32.2 Å². The lowest BCUT2D eigenvalue weighted by Crippen LogP contribution is -2.31. The van der Waals surface area contributed by atoms with Crippen molar-refractivity contribution in [3.05, 3.63) is 71.8 Å². The number of aliphatic hydroxyl groups is 1. The first-order valence-electron chi connectivity index (χ1n) is 11.9. The van der Waals surface area contributed by atoms with Gasteiger partial charge >= 0.3 is 0 Å². The number of ether oxygens (including phenoxy) is 4. The highest BCUT2D eigenvalue weighted by Crippen LogP contribution is 2.46. The summed E-state index contributed by atoms with van der Waals surface area (Å²) in [5.74, 6) is 0.0638. The summed E-state index contributed by atoms with van der Waals surface area (Å²) in [5, 5.41) is 11.4. The van der Waals surface area contributed by atoms with Gasteiger partial charge in [-0.2, -0.15) is 0 Å². The molecular weight excluding hydrogens is 478 g/mol. The Morgan fingerprint density at radius 1 is 1.08 bits per heavy atom. The van der Waals surface area contributed by atoms with E-state index in [1.807, 2.05) is 10.8 Å². The van der Waals surface area contributed by atoms with Crippen LogP contribution in [0.15, 0.2) is 60.7 Å². The van der Waals surface area contributed by atoms with Crippen LogP contribution in [-0.2, 0) is 16.1 Å². The van der Waals surface area contributed by atoms with Crippen molar-refractivity contribution in [1.29, 1.82) is 0 Å². The van der Waals surface area contributed by atoms with Gasteiger partial charge in [0.15, 0.2) is 23.0 Å². The molecule has 5 rings (SSSR count). The highest BCUT2D eigenvalue weighted by molar-refractivity contribution is 6.46. The highest BCUT2D eigenvalue weighted by Gasteiger charge is 2.47. The summed E-state index contributed by atoms with van der Waals surface area (Å²) in [5.41, 5.74) is 0.839. The van der Waals surface area contributed by atoms with E-state index >= 15 is 0 Å². The summed E-state index contributed by atoms with van der Waals surface area (Å²) >= 11 is 0. The van der Waals surface area contributed by atoms with Crippen molar-refractivity contribution in [3.63, 3.8) is 0 Å². The van der Waals surface area contributed by atoms with Gasteiger partial charge in [-0.3, -0.25) is 9.59 Å². The van der Waals surface area contributed by atoms with Crippen molar-refractivity contribution in [2.24, 2.45) is 0 Å². The van der Waals surface area contributed by atoms with Gasteiger partial charge in [-0.15, -0.1) is 0 Å². The molecule has 3 heterocycles. The van der Waals surface area contributed by atoms with Crippen LogP contribution in [0.25, 0.3) is 5.76 Å². The quantitative estimate of drug-likeness (QED) is 0.282. The predicted octanol–water partition coefficient (Wildman–Crippen LogP) is 3.18. The Bertz CT molecular complexity index is 1350. The van der Waals surface area contributed by atoms with E-state index in [9.17, 15) is 14.7 Å². The number of nitrogens with zero attached hydrogens (tertiary/aromatic N) is 3. The van der Waals surface area contributed by atoms with Crippen LogP contribution in [0.3, 0.4) is 0 Å². The number of carbonyl (C=O) groups excluding carboxylic acids is 2. The second-order valence-corrected chi connectivity index (χ2v) is 8.59. The lowest BCUT2D eigenvalue weighted by Gasteiger charge is -2.27. The lowest BCUT2D eigenvalue weighted by atomic mass is 9.94. The first-order valence-corrected chi connectivity index (χ1v) is 11.9. The number of likely N-dealkylation sites (tertiary alicyclic amines) is 1. The van der Waals surface area contributed by atoms with Crippen molar-refractivity contribution >= 4 is 17.4 Å². The number of methoxy groups -OCH3 is 2. The van der Waals surface area contributed by atoms with E-state index in [4.69, 9.17) is 18.9 Å². The van der Waals surface area contributed by atoms with Crippen molar-refractivity contribution in [2.75, 3.05) is 34.0 Å². The number of amides is 1. The molecule has 0 bridgehead atoms. The van der Waals surface area contributed by atoms with E-state index in [1.165, 1.54) is 19.1 Å². The number of benzene rings is 2. The number of ketones is 1. The van der Waals surface area contributed by atoms with E-state index in [-0.39, 0.29) is 17.9 Å². The molecule has 1 saturated heterocycles. The average Bonchev–Trinajstić information content (AvgIpc) is 3.54. The van der Waals surface area contributed by atoms with E-state index < -0.39 is 17.7 Å². The maximum Gasteiger partial charge on any atom is 0.295 e. The Morgan fingerprint density at radius 2 is 1.89 bits per heavy atom. The summed E-state index contributed by atoms with van der Waals surface area (Å²) in [4.78, 5) is 32.2. The van der Waals surface area contributed by atoms with E-state index in [1.54, 1.807) is 48.9 Å². The first-order chi connectivity index (χ1) is 18.0. The molecule has 2 aromatic carbocycles. The van der Waals surface area contributed by atoms with Crippen LogP contribution in [0.4, 0.5) is 0 Å². The molecule has 0 saturated carbocycles. The number of carbonyl (C=O) groups is 2. The van der Waals surface area contributed by atoms with Crippen LogP contribution in [0.5, 0.6) is 23.0 Å². The molecular formula is C27H27N3O7. The SMILES string of the molecule is COc1cccc(C2/C(=C(/O)c3ccc4c(c3)OCCO4)C(=O)C(=O)N2CCCn2ccnc2)c1OC. The molecule has 10 nitrogen and oxygen atoms in total. The molecule has 1 unspecified atom stereocenters. The minimum atomic E-state index is -0.888. The Balaban J connectivity index is 1.60. The minimum Gasteiger partial charge on any atom is -0.507 e. The number of fused-ring (bicyclic) bond motifs is 1. The number of hydrogen-bond donors (Lipinski definition) is 1. The molecule has 1 amide bonds. The van der Waals surface area contributed by atoms with Crippen LogP contribution in [0.2, 0.25) is 0 Å². The van der Waals surface area contributed by atoms with E-state index in [0.29, 0.717) is 60.3 Å². The summed E-state index contributed by atoms with van der Waals surface area (Å²) in [6.07, 6.45) is 5.77. The summed E-state index contributed by atoms with van der Waals surface area (Å²) in [7, 11) is 3.01. The van der Waals surface area contributed by atoms with E-state index in [2.05, 4.69) is 4.98 Å². The fraction of sp³-hybridized carbons (Fsp3) is 0.296. The number of aromatic nitrogens is 2. The summed E-state index contributed by atoms with van der Waals surface area (Å²) in [6, 6.07) is 9.27. The van der Waals surface area contributed by atoms with Crippen molar-refractivity contribution in [1.82, 2.24) is 14.5 Å². The van der Waals surface area contributed by atoms with Gasteiger partial charge in [-0.25, -0.2) is 4.98 Å². The Morgan fingerprint density at radius 3 is 2.62 bits per heavy atom. The van der Waals surface area contributed by atoms with Gasteiger partial charge < -0.3 is 33.5 Å². The zero-order valence-corrected chi connectivity index (χ0v) is 20.5. The monoisotopic (exact) mass is 505 g/mol. The third kappa shape index (κ3) is 4.46. The molecule has 0 spiro atoms. The number of hydrogen-bond acceptors (Lipinski definition) is 8. The largest absolute Gasteiger partial charge is 0.507 e. The van der Waals surface area contributed by atoms with Crippen molar-refractivity contribution < 1.29 is 33.6 Å².